The summed E-state index contributed by atoms with van der Waals surface area (Å²) in [6, 6.07) is -2.03. The number of halogens is 5. The van der Waals surface area contributed by atoms with Crippen LogP contribution < -0.4 is 10.2 Å². The maximum atomic E-state index is 14.1. The minimum atomic E-state index is -5.27. The molecular formula is C12H14F5N5O3. The van der Waals surface area contributed by atoms with Crippen molar-refractivity contribution in [1.29, 1.82) is 0 Å². The van der Waals surface area contributed by atoms with Crippen molar-refractivity contribution in [2.24, 2.45) is 7.05 Å². The Balaban J connectivity index is 2.21. The Morgan fingerprint density at radius 3 is 2.64 bits per heavy atom. The van der Waals surface area contributed by atoms with E-state index in [-0.39, 0.29) is 18.9 Å². The summed E-state index contributed by atoms with van der Waals surface area (Å²) in [5.41, 5.74) is -0.399. The second kappa shape index (κ2) is 6.44. The molecule has 1 amide bonds. The van der Waals surface area contributed by atoms with Crippen molar-refractivity contribution in [3.63, 3.8) is 0 Å². The van der Waals surface area contributed by atoms with Crippen LogP contribution in [-0.4, -0.2) is 51.8 Å². The van der Waals surface area contributed by atoms with Crippen LogP contribution in [0.3, 0.4) is 0 Å². The molecular weight excluding hydrogens is 357 g/mol. The summed E-state index contributed by atoms with van der Waals surface area (Å²) in [5.74, 6) is -6.07. The molecule has 2 rings (SSSR count). The van der Waals surface area contributed by atoms with E-state index in [1.807, 2.05) is 0 Å². The van der Waals surface area contributed by atoms with Gasteiger partial charge in [-0.05, 0) is 6.42 Å². The molecule has 25 heavy (non-hydrogen) atoms. The van der Waals surface area contributed by atoms with Gasteiger partial charge in [0, 0.05) is 26.6 Å². The summed E-state index contributed by atoms with van der Waals surface area (Å²) in [6.07, 6.45) is -5.71. The highest BCUT2D eigenvalue weighted by Gasteiger charge is 2.47. The molecule has 1 atom stereocenters. The van der Waals surface area contributed by atoms with Crippen molar-refractivity contribution in [3.8, 4) is 0 Å². The molecule has 1 saturated heterocycles. The highest BCUT2D eigenvalue weighted by molar-refractivity contribution is 5.82. The summed E-state index contributed by atoms with van der Waals surface area (Å²) in [4.78, 5) is 22.5. The molecule has 140 valence electrons. The van der Waals surface area contributed by atoms with Crippen LogP contribution in [0.25, 0.3) is 0 Å². The standard InChI is InChI=1S/C12H14F5N5O3/c1-20-9(7(6-18-20)22(24)25)21-4-2-8(11(13,14)3-5-21)19-10(23)12(15,16)17/h6,8H,2-5H2,1H3,(H,19,23)/t8-/m1/s1. The maximum absolute atomic E-state index is 14.1. The van der Waals surface area contributed by atoms with Crippen LogP contribution in [0.15, 0.2) is 6.20 Å². The van der Waals surface area contributed by atoms with E-state index in [9.17, 15) is 36.9 Å². The zero-order chi connectivity index (χ0) is 19.0. The molecule has 1 aromatic rings. The van der Waals surface area contributed by atoms with Crippen LogP contribution in [0, 0.1) is 10.1 Å². The number of aryl methyl sites for hydroxylation is 1. The molecule has 0 unspecified atom stereocenters. The molecule has 13 heteroatoms. The first-order chi connectivity index (χ1) is 11.4. The van der Waals surface area contributed by atoms with Crippen molar-refractivity contribution in [3.05, 3.63) is 16.3 Å². The first kappa shape index (κ1) is 18.9. The summed E-state index contributed by atoms with van der Waals surface area (Å²) < 4.78 is 66.2. The van der Waals surface area contributed by atoms with E-state index >= 15 is 0 Å². The Bertz CT molecular complexity index is 675. The van der Waals surface area contributed by atoms with Gasteiger partial charge in [-0.3, -0.25) is 14.9 Å². The van der Waals surface area contributed by atoms with Gasteiger partial charge in [0.2, 0.25) is 5.82 Å². The molecule has 1 aromatic heterocycles. The van der Waals surface area contributed by atoms with Gasteiger partial charge in [0.05, 0.1) is 11.0 Å². The molecule has 1 aliphatic heterocycles. The van der Waals surface area contributed by atoms with Crippen molar-refractivity contribution >= 4 is 17.4 Å². The zero-order valence-corrected chi connectivity index (χ0v) is 12.9. The molecule has 8 nitrogen and oxygen atoms in total. The van der Waals surface area contributed by atoms with Gasteiger partial charge >= 0.3 is 17.8 Å². The van der Waals surface area contributed by atoms with Crippen molar-refractivity contribution in [2.45, 2.75) is 31.0 Å². The molecule has 2 heterocycles. The molecule has 1 aliphatic rings. The second-order valence-corrected chi connectivity index (χ2v) is 5.54. The number of alkyl halides is 5. The third-order valence-corrected chi connectivity index (χ3v) is 3.86. The molecule has 0 aliphatic carbocycles. The number of hydrogen-bond donors (Lipinski definition) is 1. The number of amides is 1. The van der Waals surface area contributed by atoms with E-state index in [0.29, 0.717) is 0 Å². The molecule has 0 bridgehead atoms. The van der Waals surface area contributed by atoms with Gasteiger partial charge in [0.25, 0.3) is 5.92 Å². The molecule has 0 spiro atoms. The Kier molecular flexibility index (Phi) is 4.86. The Morgan fingerprint density at radius 2 is 2.08 bits per heavy atom. The lowest BCUT2D eigenvalue weighted by atomic mass is 10.1. The SMILES string of the molecule is Cn1ncc([N+](=O)[O-])c1N1CC[C@@H](NC(=O)C(F)(F)F)C(F)(F)CC1. The van der Waals surface area contributed by atoms with Crippen molar-refractivity contribution in [1.82, 2.24) is 15.1 Å². The molecule has 0 saturated carbocycles. The summed E-state index contributed by atoms with van der Waals surface area (Å²) in [6.45, 7) is -0.551. The fraction of sp³-hybridized carbons (Fsp3) is 0.667. The minimum absolute atomic E-state index is 0.0244. The third-order valence-electron chi connectivity index (χ3n) is 3.86. The predicted molar refractivity (Wildman–Crippen MR) is 74.2 cm³/mol. The minimum Gasteiger partial charge on any atom is -0.351 e. The molecule has 0 radical (unpaired) electrons. The Hall–Kier alpha value is -2.47. The van der Waals surface area contributed by atoms with Crippen LogP contribution in [0.4, 0.5) is 33.5 Å². The third kappa shape index (κ3) is 3.96. The topological polar surface area (TPSA) is 93.3 Å². The highest BCUT2D eigenvalue weighted by atomic mass is 19.4. The largest absolute Gasteiger partial charge is 0.471 e. The normalized spacial score (nSPS) is 20.9. The van der Waals surface area contributed by atoms with E-state index < -0.39 is 47.5 Å². The number of nitrogens with one attached hydrogen (secondary N) is 1. The van der Waals surface area contributed by atoms with Crippen LogP contribution in [0.5, 0.6) is 0 Å². The smallest absolute Gasteiger partial charge is 0.351 e. The van der Waals surface area contributed by atoms with E-state index in [2.05, 4.69) is 5.10 Å². The lowest BCUT2D eigenvalue weighted by Gasteiger charge is -2.25. The van der Waals surface area contributed by atoms with Gasteiger partial charge in [0.1, 0.15) is 6.20 Å². The number of rotatable bonds is 3. The molecule has 1 N–H and O–H groups in total. The van der Waals surface area contributed by atoms with Gasteiger partial charge in [-0.1, -0.05) is 0 Å². The first-order valence-corrected chi connectivity index (χ1v) is 7.10. The predicted octanol–water partition coefficient (Wildman–Crippen LogP) is 1.61. The van der Waals surface area contributed by atoms with Gasteiger partial charge in [-0.15, -0.1) is 0 Å². The lowest BCUT2D eigenvalue weighted by Crippen LogP contribution is -2.51. The van der Waals surface area contributed by atoms with Gasteiger partial charge < -0.3 is 10.2 Å². The van der Waals surface area contributed by atoms with Gasteiger partial charge in [-0.25, -0.2) is 13.5 Å². The van der Waals surface area contributed by atoms with E-state index in [1.54, 1.807) is 0 Å². The highest BCUT2D eigenvalue weighted by Crippen LogP contribution is 2.34. The molecule has 0 aromatic carbocycles. The average Bonchev–Trinajstić information content (AvgIpc) is 2.79. The van der Waals surface area contributed by atoms with Crippen molar-refractivity contribution < 1.29 is 31.7 Å². The molecule has 1 fully saturated rings. The Morgan fingerprint density at radius 1 is 1.44 bits per heavy atom. The first-order valence-electron chi connectivity index (χ1n) is 7.10. The zero-order valence-electron chi connectivity index (χ0n) is 12.9. The van der Waals surface area contributed by atoms with E-state index in [4.69, 9.17) is 0 Å². The van der Waals surface area contributed by atoms with Crippen LogP contribution in [-0.2, 0) is 11.8 Å². The monoisotopic (exact) mass is 371 g/mol. The van der Waals surface area contributed by atoms with Crippen LogP contribution in [0.1, 0.15) is 12.8 Å². The number of nitrogens with zero attached hydrogens (tertiary/aromatic N) is 4. The number of nitro groups is 1. The summed E-state index contributed by atoms with van der Waals surface area (Å²) in [5, 5.41) is 16.0. The average molecular weight is 371 g/mol. The van der Waals surface area contributed by atoms with Crippen LogP contribution in [0.2, 0.25) is 0 Å². The van der Waals surface area contributed by atoms with Crippen molar-refractivity contribution in [2.75, 3.05) is 18.0 Å². The lowest BCUT2D eigenvalue weighted by molar-refractivity contribution is -0.384. The number of aromatic nitrogens is 2. The summed E-state index contributed by atoms with van der Waals surface area (Å²) in [7, 11) is 1.38. The Labute approximate surface area is 137 Å². The quantitative estimate of drug-likeness (QED) is 0.495. The number of anilines is 1. The summed E-state index contributed by atoms with van der Waals surface area (Å²) >= 11 is 0. The van der Waals surface area contributed by atoms with Gasteiger partial charge in [-0.2, -0.15) is 18.3 Å². The number of carbonyl (C=O) groups is 1. The fourth-order valence-corrected chi connectivity index (χ4v) is 2.61. The second-order valence-electron chi connectivity index (χ2n) is 5.54. The maximum Gasteiger partial charge on any atom is 0.471 e. The van der Waals surface area contributed by atoms with Gasteiger partial charge in [0.15, 0.2) is 0 Å². The van der Waals surface area contributed by atoms with E-state index in [0.717, 1.165) is 10.9 Å². The van der Waals surface area contributed by atoms with Crippen LogP contribution >= 0.6 is 0 Å². The fourth-order valence-electron chi connectivity index (χ4n) is 2.61. The van der Waals surface area contributed by atoms with E-state index in [1.165, 1.54) is 17.3 Å². The number of carbonyl (C=O) groups excluding carboxylic acids is 1. The number of hydrogen-bond acceptors (Lipinski definition) is 5.